The summed E-state index contributed by atoms with van der Waals surface area (Å²) in [6.45, 7) is 4.21. The molecule has 0 saturated heterocycles. The lowest BCUT2D eigenvalue weighted by molar-refractivity contribution is 0.479. The summed E-state index contributed by atoms with van der Waals surface area (Å²) in [7, 11) is 0. The fourth-order valence-electron chi connectivity index (χ4n) is 1.67. The van der Waals surface area contributed by atoms with E-state index in [1.165, 1.54) is 11.6 Å². The van der Waals surface area contributed by atoms with Crippen LogP contribution in [0, 0.1) is 5.82 Å². The van der Waals surface area contributed by atoms with Crippen molar-refractivity contribution in [3.8, 4) is 11.5 Å². The summed E-state index contributed by atoms with van der Waals surface area (Å²) in [6.07, 6.45) is 0. The number of hydrogen-bond donors (Lipinski definition) is 1. The van der Waals surface area contributed by atoms with Crippen LogP contribution in [0.5, 0.6) is 11.5 Å². The molecule has 2 aromatic carbocycles. The van der Waals surface area contributed by atoms with Gasteiger partial charge in [-0.1, -0.05) is 32.0 Å². The number of nitrogens with two attached hydrogens (primary N) is 1. The maximum Gasteiger partial charge on any atom is 0.153 e. The summed E-state index contributed by atoms with van der Waals surface area (Å²) in [4.78, 5) is 0. The normalized spacial score (nSPS) is 10.7. The van der Waals surface area contributed by atoms with E-state index in [1.807, 2.05) is 24.3 Å². The fourth-order valence-corrected chi connectivity index (χ4v) is 1.67. The fraction of sp³-hybridized carbons (Fsp3) is 0.200. The van der Waals surface area contributed by atoms with Crippen LogP contribution in [0.15, 0.2) is 42.5 Å². The lowest BCUT2D eigenvalue weighted by Gasteiger charge is -2.11. The van der Waals surface area contributed by atoms with E-state index in [4.69, 9.17) is 10.5 Å². The molecule has 0 heterocycles. The molecule has 18 heavy (non-hydrogen) atoms. The van der Waals surface area contributed by atoms with Gasteiger partial charge in [0, 0.05) is 0 Å². The molecular weight excluding hydrogens is 229 g/mol. The Hall–Kier alpha value is -2.03. The average Bonchev–Trinajstić information content (AvgIpc) is 2.35. The second kappa shape index (κ2) is 5.08. The zero-order valence-corrected chi connectivity index (χ0v) is 10.5. The summed E-state index contributed by atoms with van der Waals surface area (Å²) < 4.78 is 18.9. The number of halogens is 1. The standard InChI is InChI=1S/C15H16FNO/c1-10(2)11-5-3-6-12(9-11)18-14-8-4-7-13(16)15(14)17/h3-10H,17H2,1-2H3. The molecule has 2 nitrogen and oxygen atoms in total. The maximum absolute atomic E-state index is 13.3. The first-order chi connectivity index (χ1) is 8.58. The molecule has 0 aliphatic carbocycles. The second-order valence-corrected chi connectivity index (χ2v) is 4.48. The summed E-state index contributed by atoms with van der Waals surface area (Å²) in [5, 5.41) is 0. The average molecular weight is 245 g/mol. The number of anilines is 1. The van der Waals surface area contributed by atoms with Crippen LogP contribution in [0.4, 0.5) is 10.1 Å². The van der Waals surface area contributed by atoms with Crippen LogP contribution in [0.2, 0.25) is 0 Å². The van der Waals surface area contributed by atoms with Crippen molar-refractivity contribution in [1.29, 1.82) is 0 Å². The Balaban J connectivity index is 2.28. The predicted molar refractivity (Wildman–Crippen MR) is 71.4 cm³/mol. The van der Waals surface area contributed by atoms with E-state index in [-0.39, 0.29) is 5.69 Å². The Morgan fingerprint density at radius 2 is 1.83 bits per heavy atom. The molecule has 3 heteroatoms. The van der Waals surface area contributed by atoms with Crippen LogP contribution in [0.3, 0.4) is 0 Å². The molecule has 0 atom stereocenters. The molecule has 0 aliphatic rings. The summed E-state index contributed by atoms with van der Waals surface area (Å²) in [5.41, 5.74) is 6.83. The van der Waals surface area contributed by atoms with Gasteiger partial charge in [-0.15, -0.1) is 0 Å². The van der Waals surface area contributed by atoms with Gasteiger partial charge in [0.2, 0.25) is 0 Å². The molecule has 2 aromatic rings. The zero-order chi connectivity index (χ0) is 13.1. The number of hydrogen-bond acceptors (Lipinski definition) is 2. The lowest BCUT2D eigenvalue weighted by Crippen LogP contribution is -1.96. The van der Waals surface area contributed by atoms with Gasteiger partial charge >= 0.3 is 0 Å². The molecule has 0 spiro atoms. The minimum atomic E-state index is -0.465. The van der Waals surface area contributed by atoms with Gasteiger partial charge in [0.15, 0.2) is 5.75 Å². The third-order valence-corrected chi connectivity index (χ3v) is 2.77. The maximum atomic E-state index is 13.3. The van der Waals surface area contributed by atoms with Crippen molar-refractivity contribution in [2.24, 2.45) is 0 Å². The van der Waals surface area contributed by atoms with Gasteiger partial charge < -0.3 is 10.5 Å². The van der Waals surface area contributed by atoms with E-state index < -0.39 is 5.82 Å². The Bertz CT molecular complexity index is 552. The van der Waals surface area contributed by atoms with E-state index in [1.54, 1.807) is 12.1 Å². The van der Waals surface area contributed by atoms with Crippen LogP contribution >= 0.6 is 0 Å². The molecule has 94 valence electrons. The molecule has 0 saturated carbocycles. The van der Waals surface area contributed by atoms with E-state index in [2.05, 4.69) is 13.8 Å². The number of benzene rings is 2. The largest absolute Gasteiger partial charge is 0.455 e. The van der Waals surface area contributed by atoms with Gasteiger partial charge in [-0.25, -0.2) is 4.39 Å². The third kappa shape index (κ3) is 2.62. The Labute approximate surface area is 106 Å². The molecule has 0 unspecified atom stereocenters. The topological polar surface area (TPSA) is 35.2 Å². The van der Waals surface area contributed by atoms with Crippen molar-refractivity contribution in [2.45, 2.75) is 19.8 Å². The Morgan fingerprint density at radius 1 is 1.11 bits per heavy atom. The van der Waals surface area contributed by atoms with Crippen molar-refractivity contribution in [2.75, 3.05) is 5.73 Å². The van der Waals surface area contributed by atoms with Gasteiger partial charge in [0.1, 0.15) is 17.3 Å². The number of ether oxygens (including phenoxy) is 1. The highest BCUT2D eigenvalue weighted by atomic mass is 19.1. The lowest BCUT2D eigenvalue weighted by atomic mass is 10.0. The summed E-state index contributed by atoms with van der Waals surface area (Å²) in [6, 6.07) is 12.3. The summed E-state index contributed by atoms with van der Waals surface area (Å²) >= 11 is 0. The first kappa shape index (κ1) is 12.4. The van der Waals surface area contributed by atoms with Crippen molar-refractivity contribution >= 4 is 5.69 Å². The van der Waals surface area contributed by atoms with E-state index >= 15 is 0 Å². The zero-order valence-electron chi connectivity index (χ0n) is 10.5. The van der Waals surface area contributed by atoms with E-state index in [0.717, 1.165) is 0 Å². The van der Waals surface area contributed by atoms with Gasteiger partial charge in [-0.3, -0.25) is 0 Å². The van der Waals surface area contributed by atoms with Crippen molar-refractivity contribution in [1.82, 2.24) is 0 Å². The molecule has 0 aliphatic heterocycles. The first-order valence-electron chi connectivity index (χ1n) is 5.89. The van der Waals surface area contributed by atoms with Gasteiger partial charge in [0.05, 0.1) is 0 Å². The molecule has 0 aromatic heterocycles. The van der Waals surface area contributed by atoms with Crippen molar-refractivity contribution < 1.29 is 9.13 Å². The van der Waals surface area contributed by atoms with Crippen LogP contribution < -0.4 is 10.5 Å². The molecule has 0 amide bonds. The monoisotopic (exact) mass is 245 g/mol. The SMILES string of the molecule is CC(C)c1cccc(Oc2cccc(F)c2N)c1. The van der Waals surface area contributed by atoms with Crippen LogP contribution in [-0.4, -0.2) is 0 Å². The first-order valence-corrected chi connectivity index (χ1v) is 5.89. The third-order valence-electron chi connectivity index (χ3n) is 2.77. The minimum Gasteiger partial charge on any atom is -0.455 e. The van der Waals surface area contributed by atoms with Gasteiger partial charge in [-0.2, -0.15) is 0 Å². The molecule has 2 rings (SSSR count). The molecular formula is C15H16FNO. The van der Waals surface area contributed by atoms with Crippen LogP contribution in [0.1, 0.15) is 25.3 Å². The highest BCUT2D eigenvalue weighted by Crippen LogP contribution is 2.30. The minimum absolute atomic E-state index is 0.0347. The number of rotatable bonds is 3. The molecule has 0 radical (unpaired) electrons. The highest BCUT2D eigenvalue weighted by molar-refractivity contribution is 5.54. The number of nitrogen functional groups attached to an aromatic ring is 1. The summed E-state index contributed by atoms with van der Waals surface area (Å²) in [5.74, 6) is 0.959. The quantitative estimate of drug-likeness (QED) is 0.817. The second-order valence-electron chi connectivity index (χ2n) is 4.48. The van der Waals surface area contributed by atoms with Gasteiger partial charge in [-0.05, 0) is 35.7 Å². The number of para-hydroxylation sites is 1. The Kier molecular flexibility index (Phi) is 3.51. The molecule has 0 fully saturated rings. The highest BCUT2D eigenvalue weighted by Gasteiger charge is 2.07. The molecule has 2 N–H and O–H groups in total. The van der Waals surface area contributed by atoms with Crippen LogP contribution in [-0.2, 0) is 0 Å². The smallest absolute Gasteiger partial charge is 0.153 e. The van der Waals surface area contributed by atoms with Crippen molar-refractivity contribution in [3.05, 3.63) is 53.8 Å². The molecule has 0 bridgehead atoms. The van der Waals surface area contributed by atoms with Crippen LogP contribution in [0.25, 0.3) is 0 Å². The van der Waals surface area contributed by atoms with Gasteiger partial charge in [0.25, 0.3) is 0 Å². The van der Waals surface area contributed by atoms with E-state index in [9.17, 15) is 4.39 Å². The Morgan fingerprint density at radius 3 is 2.56 bits per heavy atom. The predicted octanol–water partition coefficient (Wildman–Crippen LogP) is 4.32. The van der Waals surface area contributed by atoms with Crippen molar-refractivity contribution in [3.63, 3.8) is 0 Å². The van der Waals surface area contributed by atoms with E-state index in [0.29, 0.717) is 17.4 Å².